The van der Waals surface area contributed by atoms with E-state index in [0.29, 0.717) is 40.3 Å². The van der Waals surface area contributed by atoms with Crippen molar-refractivity contribution in [3.05, 3.63) is 28.3 Å². The number of nitrogens with one attached hydrogen (secondary N) is 1. The van der Waals surface area contributed by atoms with Gasteiger partial charge < -0.3 is 9.74 Å². The highest BCUT2D eigenvalue weighted by Gasteiger charge is 2.48. The Bertz CT molecular complexity index is 1090. The molecule has 224 valence electrons. The van der Waals surface area contributed by atoms with Gasteiger partial charge in [0.1, 0.15) is 6.07 Å². The number of hydrogen-bond donors (Lipinski definition) is 2. The highest BCUT2D eigenvalue weighted by molar-refractivity contribution is 7.83. The summed E-state index contributed by atoms with van der Waals surface area (Å²) in [6.45, 7) is 26.8. The van der Waals surface area contributed by atoms with E-state index in [-0.39, 0.29) is 23.7 Å². The summed E-state index contributed by atoms with van der Waals surface area (Å²) in [5, 5.41) is 12.8. The highest BCUT2D eigenvalue weighted by atomic mass is 35.5. The number of nitriles is 1. The van der Waals surface area contributed by atoms with E-state index in [2.05, 4.69) is 78.7 Å². The van der Waals surface area contributed by atoms with Gasteiger partial charge in [0.25, 0.3) is 0 Å². The molecule has 11 heteroatoms. The summed E-state index contributed by atoms with van der Waals surface area (Å²) in [5.74, 6) is 0. The summed E-state index contributed by atoms with van der Waals surface area (Å²) in [5.41, 5.74) is 1.80. The Morgan fingerprint density at radius 1 is 1.23 bits per heavy atom. The van der Waals surface area contributed by atoms with Crippen LogP contribution in [-0.2, 0) is 14.7 Å². The SMILES string of the molecule is CCN(C(C)C)C(C)C.Cc1c(N[C@@H](C)[C@@H]2[C@@H](O[Si](C)(C)C(C)(C)C)CCN2S(=O)(=O)O)ccc(C#N)c1Cl. The van der Waals surface area contributed by atoms with E-state index in [1.807, 2.05) is 13.0 Å². The lowest BCUT2D eigenvalue weighted by Gasteiger charge is -2.41. The normalized spacial score (nSPS) is 19.7. The fraction of sp³-hybridized carbons (Fsp3) is 0.750. The van der Waals surface area contributed by atoms with Crippen LogP contribution in [0.5, 0.6) is 0 Å². The van der Waals surface area contributed by atoms with Gasteiger partial charge in [-0.1, -0.05) is 39.3 Å². The van der Waals surface area contributed by atoms with Crippen molar-refractivity contribution in [3.63, 3.8) is 0 Å². The summed E-state index contributed by atoms with van der Waals surface area (Å²) in [6, 6.07) is 5.87. The van der Waals surface area contributed by atoms with Crippen molar-refractivity contribution in [2.24, 2.45) is 0 Å². The van der Waals surface area contributed by atoms with Gasteiger partial charge >= 0.3 is 10.3 Å². The summed E-state index contributed by atoms with van der Waals surface area (Å²) in [7, 11) is -6.54. The predicted molar refractivity (Wildman–Crippen MR) is 165 cm³/mol. The molecule has 2 N–H and O–H groups in total. The minimum atomic E-state index is -4.38. The van der Waals surface area contributed by atoms with E-state index in [9.17, 15) is 13.0 Å². The molecule has 1 saturated heterocycles. The molecule has 0 spiro atoms. The molecule has 3 atom stereocenters. The van der Waals surface area contributed by atoms with Gasteiger partial charge in [0.05, 0.1) is 22.7 Å². The van der Waals surface area contributed by atoms with Crippen molar-refractivity contribution in [1.82, 2.24) is 9.21 Å². The van der Waals surface area contributed by atoms with Gasteiger partial charge in [0.2, 0.25) is 0 Å². The van der Waals surface area contributed by atoms with Crippen molar-refractivity contribution in [2.45, 2.75) is 124 Å². The Kier molecular flexibility index (Phi) is 13.0. The average Bonchev–Trinajstić information content (AvgIpc) is 3.20. The van der Waals surface area contributed by atoms with E-state index in [1.54, 1.807) is 19.1 Å². The van der Waals surface area contributed by atoms with Gasteiger partial charge in [-0.15, -0.1) is 0 Å². The molecule has 0 amide bonds. The third-order valence-electron chi connectivity index (χ3n) is 7.99. The Morgan fingerprint density at radius 2 is 1.77 bits per heavy atom. The number of rotatable bonds is 9. The van der Waals surface area contributed by atoms with Crippen LogP contribution < -0.4 is 5.32 Å². The van der Waals surface area contributed by atoms with Gasteiger partial charge in [-0.25, -0.2) is 0 Å². The van der Waals surface area contributed by atoms with Gasteiger partial charge in [0, 0.05) is 30.4 Å². The minimum Gasteiger partial charge on any atom is -0.412 e. The number of halogens is 1. The number of benzene rings is 1. The molecule has 1 aromatic rings. The molecule has 0 bridgehead atoms. The fourth-order valence-electron chi connectivity index (χ4n) is 4.87. The summed E-state index contributed by atoms with van der Waals surface area (Å²) in [6.07, 6.45) is 0.167. The predicted octanol–water partition coefficient (Wildman–Crippen LogP) is 6.71. The Hall–Kier alpha value is -1.19. The second-order valence-corrected chi connectivity index (χ2v) is 18.9. The Morgan fingerprint density at radius 3 is 2.15 bits per heavy atom. The van der Waals surface area contributed by atoms with E-state index in [4.69, 9.17) is 21.3 Å². The van der Waals surface area contributed by atoms with Crippen molar-refractivity contribution in [3.8, 4) is 6.07 Å². The molecule has 2 rings (SSSR count). The van der Waals surface area contributed by atoms with Crippen molar-refractivity contribution in [1.29, 1.82) is 5.26 Å². The molecule has 1 aliphatic heterocycles. The zero-order chi connectivity index (χ0) is 30.5. The monoisotopic (exact) mass is 602 g/mol. The zero-order valence-electron chi connectivity index (χ0n) is 26.0. The number of anilines is 1. The Balaban J connectivity index is 0.000000724. The maximum Gasteiger partial charge on any atom is 0.336 e. The largest absolute Gasteiger partial charge is 0.412 e. The summed E-state index contributed by atoms with van der Waals surface area (Å²) >= 11 is 6.28. The van der Waals surface area contributed by atoms with Crippen LogP contribution in [0.2, 0.25) is 23.2 Å². The maximum absolute atomic E-state index is 12.1. The van der Waals surface area contributed by atoms with Gasteiger partial charge in [-0.05, 0) is 90.3 Å². The lowest BCUT2D eigenvalue weighted by molar-refractivity contribution is 0.138. The molecule has 8 nitrogen and oxygen atoms in total. The highest BCUT2D eigenvalue weighted by Crippen LogP contribution is 2.40. The quantitative estimate of drug-likeness (QED) is 0.239. The van der Waals surface area contributed by atoms with Crippen LogP contribution >= 0.6 is 11.6 Å². The number of hydrogen-bond acceptors (Lipinski definition) is 6. The van der Waals surface area contributed by atoms with Crippen molar-refractivity contribution >= 4 is 35.9 Å². The fourth-order valence-corrected chi connectivity index (χ4v) is 7.41. The molecule has 0 radical (unpaired) electrons. The third-order valence-corrected chi connectivity index (χ3v) is 14.0. The van der Waals surface area contributed by atoms with E-state index >= 15 is 0 Å². The first-order valence-electron chi connectivity index (χ1n) is 13.8. The number of nitrogens with zero attached hydrogens (tertiary/aromatic N) is 3. The molecule has 0 aliphatic carbocycles. The van der Waals surface area contributed by atoms with Crippen LogP contribution in [0.25, 0.3) is 0 Å². The van der Waals surface area contributed by atoms with Crippen molar-refractivity contribution < 1.29 is 17.4 Å². The summed E-state index contributed by atoms with van der Waals surface area (Å²) in [4.78, 5) is 2.46. The minimum absolute atomic E-state index is 0.0308. The van der Waals surface area contributed by atoms with Crippen LogP contribution in [0.3, 0.4) is 0 Å². The van der Waals surface area contributed by atoms with E-state index < -0.39 is 24.7 Å². The first-order chi connectivity index (χ1) is 17.7. The Labute approximate surface area is 244 Å². The first kappa shape index (κ1) is 35.8. The molecule has 1 aliphatic rings. The lowest BCUT2D eigenvalue weighted by Crippen LogP contribution is -2.53. The van der Waals surface area contributed by atoms with E-state index in [0.717, 1.165) is 10.8 Å². The topological polar surface area (TPSA) is 106 Å². The molecule has 39 heavy (non-hydrogen) atoms. The van der Waals surface area contributed by atoms with Crippen LogP contribution in [0.15, 0.2) is 12.1 Å². The average molecular weight is 603 g/mol. The lowest BCUT2D eigenvalue weighted by atomic mass is 10.0. The standard InChI is InChI=1S/C20H32ClN3O4SSi.C8H19N/c1-13-16(9-8-15(12-22)18(13)21)23-14(2)19-17(10-11-24(19)29(25,26)27)28-30(6,7)20(3,4)5;1-6-9(7(2)3)8(4)5/h8-9,14,17,19,23H,10-11H2,1-7H3,(H,25,26,27);7-8H,6H2,1-5H3/t14-,17-,19+;/m0./s1. The van der Waals surface area contributed by atoms with E-state index in [1.165, 1.54) is 0 Å². The van der Waals surface area contributed by atoms with Gasteiger partial charge in [0.15, 0.2) is 8.32 Å². The molecule has 0 unspecified atom stereocenters. The maximum atomic E-state index is 12.1. The van der Waals surface area contributed by atoms with Gasteiger partial charge in [-0.2, -0.15) is 18.0 Å². The molecular weight excluding hydrogens is 552 g/mol. The molecule has 0 saturated carbocycles. The molecule has 1 fully saturated rings. The van der Waals surface area contributed by atoms with Crippen LogP contribution in [0.4, 0.5) is 5.69 Å². The molecule has 0 aromatic heterocycles. The second-order valence-electron chi connectivity index (χ2n) is 12.4. The van der Waals surface area contributed by atoms with Crippen LogP contribution in [-0.4, -0.2) is 73.9 Å². The zero-order valence-corrected chi connectivity index (χ0v) is 28.5. The molecule has 1 aromatic carbocycles. The van der Waals surface area contributed by atoms with Crippen LogP contribution in [0, 0.1) is 18.3 Å². The van der Waals surface area contributed by atoms with Gasteiger partial charge in [-0.3, -0.25) is 9.45 Å². The first-order valence-corrected chi connectivity index (χ1v) is 18.5. The second kappa shape index (κ2) is 14.1. The van der Waals surface area contributed by atoms with Crippen molar-refractivity contribution in [2.75, 3.05) is 18.4 Å². The third kappa shape index (κ3) is 9.42. The smallest absolute Gasteiger partial charge is 0.336 e. The molecule has 1 heterocycles. The van der Waals surface area contributed by atoms with Crippen LogP contribution in [0.1, 0.15) is 79.9 Å². The molecular formula is C28H51ClN4O4SSi. The summed E-state index contributed by atoms with van der Waals surface area (Å²) < 4.78 is 41.6.